The molecule has 160 valence electrons. The Bertz CT molecular complexity index is 705. The summed E-state index contributed by atoms with van der Waals surface area (Å²) in [5, 5.41) is 0. The molecule has 0 spiro atoms. The summed E-state index contributed by atoms with van der Waals surface area (Å²) in [5.41, 5.74) is 2.24. The van der Waals surface area contributed by atoms with E-state index in [1.165, 1.54) is 0 Å². The first-order valence-corrected chi connectivity index (χ1v) is 10.9. The van der Waals surface area contributed by atoms with Gasteiger partial charge in [0.15, 0.2) is 0 Å². The summed E-state index contributed by atoms with van der Waals surface area (Å²) in [5.74, 6) is 1.29. The highest BCUT2D eigenvalue weighted by Crippen LogP contribution is 2.35. The number of likely N-dealkylation sites (tertiary alicyclic amines) is 1. The Morgan fingerprint density at radius 2 is 1.62 bits per heavy atom. The highest BCUT2D eigenvalue weighted by Gasteiger charge is 2.27. The molecule has 0 aliphatic carbocycles. The Morgan fingerprint density at radius 1 is 1.07 bits per heavy atom. The molecule has 1 aromatic rings. The van der Waals surface area contributed by atoms with Gasteiger partial charge in [-0.05, 0) is 44.2 Å². The molecule has 1 aliphatic rings. The molecule has 1 amide bonds. The van der Waals surface area contributed by atoms with E-state index in [2.05, 4.69) is 20.4 Å². The number of rotatable bonds is 11. The first-order valence-electron chi connectivity index (χ1n) is 10.9. The van der Waals surface area contributed by atoms with Crippen molar-refractivity contribution in [3.8, 4) is 11.5 Å². The minimum atomic E-state index is -0.0524. The third kappa shape index (κ3) is 6.34. The lowest BCUT2D eigenvalue weighted by Gasteiger charge is -2.30. The fraction of sp³-hybridized carbons (Fsp3) is 0.583. The van der Waals surface area contributed by atoms with Crippen LogP contribution in [0.1, 0.15) is 75.2 Å². The van der Waals surface area contributed by atoms with E-state index in [1.54, 1.807) is 0 Å². The molecule has 1 aromatic carbocycles. The number of allylic oxidation sites excluding steroid dienone is 1. The highest BCUT2D eigenvalue weighted by molar-refractivity contribution is 5.98. The second-order valence-corrected chi connectivity index (χ2v) is 7.79. The average Bonchev–Trinajstić information content (AvgIpc) is 2.73. The minimum Gasteiger partial charge on any atom is -0.493 e. The zero-order valence-corrected chi connectivity index (χ0v) is 18.2. The lowest BCUT2D eigenvalue weighted by molar-refractivity contribution is -0.112. The van der Waals surface area contributed by atoms with Gasteiger partial charge in [0.1, 0.15) is 17.8 Å². The third-order valence-corrected chi connectivity index (χ3v) is 5.30. The van der Waals surface area contributed by atoms with Crippen molar-refractivity contribution in [3.63, 3.8) is 0 Å². The van der Waals surface area contributed by atoms with Gasteiger partial charge in [0.2, 0.25) is 0 Å². The number of benzene rings is 1. The van der Waals surface area contributed by atoms with Crippen LogP contribution in [0.2, 0.25) is 0 Å². The van der Waals surface area contributed by atoms with E-state index in [0.717, 1.165) is 43.1 Å². The van der Waals surface area contributed by atoms with Crippen LogP contribution in [0.15, 0.2) is 18.7 Å². The quantitative estimate of drug-likeness (QED) is 0.381. The van der Waals surface area contributed by atoms with Gasteiger partial charge in [0.25, 0.3) is 5.91 Å². The van der Waals surface area contributed by atoms with E-state index in [1.807, 2.05) is 24.0 Å². The van der Waals surface area contributed by atoms with Crippen molar-refractivity contribution in [1.82, 2.24) is 4.90 Å². The molecule has 0 aromatic heterocycles. The Labute approximate surface area is 175 Å². The molecule has 0 saturated carbocycles. The zero-order valence-electron chi connectivity index (χ0n) is 18.2. The van der Waals surface area contributed by atoms with Crippen LogP contribution in [0.3, 0.4) is 0 Å². The van der Waals surface area contributed by atoms with E-state index in [4.69, 9.17) is 9.47 Å². The van der Waals surface area contributed by atoms with Crippen LogP contribution < -0.4 is 9.47 Å². The van der Waals surface area contributed by atoms with Crippen LogP contribution >= 0.6 is 0 Å². The molecule has 1 aliphatic heterocycles. The number of ether oxygens (including phenoxy) is 2. The Balaban J connectivity index is 2.33. The molecule has 1 saturated heterocycles. The molecule has 0 N–H and O–H groups in total. The van der Waals surface area contributed by atoms with Gasteiger partial charge in [-0.25, -0.2) is 0 Å². The third-order valence-electron chi connectivity index (χ3n) is 5.30. The number of aldehydes is 1. The summed E-state index contributed by atoms with van der Waals surface area (Å²) in [7, 11) is 0. The van der Waals surface area contributed by atoms with Gasteiger partial charge in [0, 0.05) is 30.6 Å². The van der Waals surface area contributed by atoms with Crippen molar-refractivity contribution in [2.75, 3.05) is 26.3 Å². The van der Waals surface area contributed by atoms with Crippen LogP contribution in [0.5, 0.6) is 11.5 Å². The van der Waals surface area contributed by atoms with Gasteiger partial charge in [-0.3, -0.25) is 4.79 Å². The van der Waals surface area contributed by atoms with Crippen LogP contribution in [0, 0.1) is 5.92 Å². The molecule has 0 bridgehead atoms. The lowest BCUT2D eigenvalue weighted by Crippen LogP contribution is -2.39. The number of nitrogens with zero attached hydrogens (tertiary/aromatic N) is 1. The largest absolute Gasteiger partial charge is 0.493 e. The Hall–Kier alpha value is -2.30. The van der Waals surface area contributed by atoms with Gasteiger partial charge >= 0.3 is 0 Å². The van der Waals surface area contributed by atoms with Crippen molar-refractivity contribution >= 4 is 17.8 Å². The number of hydrogen-bond donors (Lipinski definition) is 0. The van der Waals surface area contributed by atoms with E-state index < -0.39 is 0 Å². The highest BCUT2D eigenvalue weighted by atomic mass is 16.5. The summed E-state index contributed by atoms with van der Waals surface area (Å²) >= 11 is 0. The first kappa shape index (κ1) is 23.0. The molecule has 2 rings (SSSR count). The van der Waals surface area contributed by atoms with Gasteiger partial charge < -0.3 is 19.2 Å². The standard InChI is InChI=1S/C24H35NO4/c1-5-7-13-28-22-16-23(29-14-8-6-2)21(15-20(22)18(3)4)24(27)25-11-9-19(17-26)10-12-25/h15-17,19H,3,5-14H2,1-2,4H3. The number of carbonyl (C=O) groups excluding carboxylic acids is 2. The number of carbonyl (C=O) groups is 2. The zero-order chi connectivity index (χ0) is 21.2. The van der Waals surface area contributed by atoms with Crippen LogP contribution in [0.4, 0.5) is 0 Å². The van der Waals surface area contributed by atoms with Crippen LogP contribution in [0.25, 0.3) is 5.57 Å². The maximum absolute atomic E-state index is 13.3. The Kier molecular flexibility index (Phi) is 9.23. The van der Waals surface area contributed by atoms with Crippen LogP contribution in [-0.4, -0.2) is 43.4 Å². The van der Waals surface area contributed by atoms with E-state index in [-0.39, 0.29) is 11.8 Å². The maximum Gasteiger partial charge on any atom is 0.257 e. The van der Waals surface area contributed by atoms with E-state index >= 15 is 0 Å². The van der Waals surface area contributed by atoms with Crippen LogP contribution in [-0.2, 0) is 4.79 Å². The molecule has 0 atom stereocenters. The van der Waals surface area contributed by atoms with Gasteiger partial charge in [-0.2, -0.15) is 0 Å². The molecule has 5 nitrogen and oxygen atoms in total. The Morgan fingerprint density at radius 3 is 2.10 bits per heavy atom. The first-order chi connectivity index (χ1) is 14.0. The SMILES string of the molecule is C=C(C)c1cc(C(=O)N2CCC(C=O)CC2)c(OCCCC)cc1OCCCC. The molecule has 1 heterocycles. The summed E-state index contributed by atoms with van der Waals surface area (Å²) in [6.45, 7) is 12.6. The lowest BCUT2D eigenvalue weighted by atomic mass is 9.97. The summed E-state index contributed by atoms with van der Waals surface area (Å²) in [4.78, 5) is 26.1. The molecule has 29 heavy (non-hydrogen) atoms. The van der Waals surface area contributed by atoms with Crippen molar-refractivity contribution < 1.29 is 19.1 Å². The predicted molar refractivity (Wildman–Crippen MR) is 117 cm³/mol. The smallest absolute Gasteiger partial charge is 0.257 e. The van der Waals surface area contributed by atoms with E-state index in [0.29, 0.717) is 56.2 Å². The summed E-state index contributed by atoms with van der Waals surface area (Å²) < 4.78 is 12.0. The van der Waals surface area contributed by atoms with Crippen molar-refractivity contribution in [2.24, 2.45) is 5.92 Å². The number of hydrogen-bond acceptors (Lipinski definition) is 4. The van der Waals surface area contributed by atoms with Crippen molar-refractivity contribution in [1.29, 1.82) is 0 Å². The fourth-order valence-corrected chi connectivity index (χ4v) is 3.36. The van der Waals surface area contributed by atoms with E-state index in [9.17, 15) is 9.59 Å². The predicted octanol–water partition coefficient (Wildman–Crippen LogP) is 5.13. The molecule has 0 unspecified atom stereocenters. The molecule has 1 fully saturated rings. The average molecular weight is 402 g/mol. The topological polar surface area (TPSA) is 55.8 Å². The van der Waals surface area contributed by atoms with Gasteiger partial charge in [0.05, 0.1) is 18.8 Å². The molecule has 0 radical (unpaired) electrons. The number of piperidine rings is 1. The number of unbranched alkanes of at least 4 members (excludes halogenated alkanes) is 2. The second kappa shape index (κ2) is 11.6. The molecule has 5 heteroatoms. The minimum absolute atomic E-state index is 0.0524. The number of amides is 1. The molecular formula is C24H35NO4. The summed E-state index contributed by atoms with van der Waals surface area (Å²) in [6, 6.07) is 3.71. The van der Waals surface area contributed by atoms with Crippen molar-refractivity contribution in [3.05, 3.63) is 29.8 Å². The van der Waals surface area contributed by atoms with Crippen molar-refractivity contribution in [2.45, 2.75) is 59.3 Å². The second-order valence-electron chi connectivity index (χ2n) is 7.79. The summed E-state index contributed by atoms with van der Waals surface area (Å²) in [6.07, 6.45) is 6.39. The normalized spacial score (nSPS) is 14.5. The molecular weight excluding hydrogens is 366 g/mol. The van der Waals surface area contributed by atoms with Gasteiger partial charge in [-0.1, -0.05) is 33.3 Å². The fourth-order valence-electron chi connectivity index (χ4n) is 3.36. The maximum atomic E-state index is 13.3. The van der Waals surface area contributed by atoms with Gasteiger partial charge in [-0.15, -0.1) is 0 Å². The monoisotopic (exact) mass is 401 g/mol.